The van der Waals surface area contributed by atoms with Gasteiger partial charge in [-0.25, -0.2) is 4.39 Å². The van der Waals surface area contributed by atoms with Gasteiger partial charge in [0.05, 0.1) is 11.1 Å². The van der Waals surface area contributed by atoms with E-state index in [0.29, 0.717) is 53.0 Å². The number of hydrogen-bond acceptors (Lipinski definition) is 7. The van der Waals surface area contributed by atoms with Crippen LogP contribution in [0.1, 0.15) is 22.6 Å². The highest BCUT2D eigenvalue weighted by Gasteiger charge is 2.29. The predicted molar refractivity (Wildman–Crippen MR) is 106 cm³/mol. The SMILES string of the molecule is Cc1noc(-c2ccccc2C(=O)N2CC[C@@H](Nc3nc4ccc(F)cc4o3)C2)n1. The number of carbonyl (C=O) groups excluding carboxylic acids is 1. The van der Waals surface area contributed by atoms with Crippen LogP contribution in [0.3, 0.4) is 0 Å². The van der Waals surface area contributed by atoms with Gasteiger partial charge in [0, 0.05) is 25.2 Å². The Morgan fingerprint density at radius 2 is 2.10 bits per heavy atom. The quantitative estimate of drug-likeness (QED) is 0.551. The van der Waals surface area contributed by atoms with Gasteiger partial charge in [-0.2, -0.15) is 9.97 Å². The fourth-order valence-electron chi connectivity index (χ4n) is 3.63. The highest BCUT2D eigenvalue weighted by molar-refractivity contribution is 6.00. The molecule has 0 radical (unpaired) electrons. The van der Waals surface area contributed by atoms with Crippen LogP contribution in [0.25, 0.3) is 22.6 Å². The molecule has 0 aliphatic carbocycles. The van der Waals surface area contributed by atoms with Crippen molar-refractivity contribution in [2.45, 2.75) is 19.4 Å². The van der Waals surface area contributed by atoms with E-state index in [4.69, 9.17) is 8.94 Å². The average Bonchev–Trinajstić information content (AvgIpc) is 3.47. The lowest BCUT2D eigenvalue weighted by Crippen LogP contribution is -2.32. The first-order chi connectivity index (χ1) is 14.6. The van der Waals surface area contributed by atoms with Crippen LogP contribution >= 0.6 is 0 Å². The molecule has 0 bridgehead atoms. The molecule has 1 atom stereocenters. The lowest BCUT2D eigenvalue weighted by molar-refractivity contribution is 0.0792. The molecule has 1 N–H and O–H groups in total. The molecule has 9 heteroatoms. The van der Waals surface area contributed by atoms with Gasteiger partial charge in [0.25, 0.3) is 17.8 Å². The molecule has 1 aliphatic rings. The molecule has 5 rings (SSSR count). The normalized spacial score (nSPS) is 16.3. The minimum absolute atomic E-state index is 0.0235. The van der Waals surface area contributed by atoms with Crippen LogP contribution in [0.5, 0.6) is 0 Å². The topological polar surface area (TPSA) is 97.3 Å². The number of fused-ring (bicyclic) bond motifs is 1. The lowest BCUT2D eigenvalue weighted by Gasteiger charge is -2.18. The number of nitrogens with one attached hydrogen (secondary N) is 1. The van der Waals surface area contributed by atoms with Crippen molar-refractivity contribution in [2.75, 3.05) is 18.4 Å². The van der Waals surface area contributed by atoms with Crippen LogP contribution in [0.15, 0.2) is 51.4 Å². The summed E-state index contributed by atoms with van der Waals surface area (Å²) in [7, 11) is 0. The van der Waals surface area contributed by atoms with E-state index >= 15 is 0 Å². The first-order valence-corrected chi connectivity index (χ1v) is 9.58. The fourth-order valence-corrected chi connectivity index (χ4v) is 3.63. The number of rotatable bonds is 4. The Bertz CT molecular complexity index is 1230. The number of carbonyl (C=O) groups is 1. The molecule has 3 heterocycles. The minimum Gasteiger partial charge on any atom is -0.423 e. The molecule has 1 aliphatic heterocycles. The van der Waals surface area contributed by atoms with Crippen LogP contribution in [0.2, 0.25) is 0 Å². The van der Waals surface area contributed by atoms with Crippen LogP contribution in [-0.2, 0) is 0 Å². The number of likely N-dealkylation sites (tertiary alicyclic amines) is 1. The average molecular weight is 407 g/mol. The van der Waals surface area contributed by atoms with Crippen LogP contribution in [-0.4, -0.2) is 45.1 Å². The first kappa shape index (κ1) is 18.3. The highest BCUT2D eigenvalue weighted by atomic mass is 19.1. The maximum atomic E-state index is 13.3. The summed E-state index contributed by atoms with van der Waals surface area (Å²) >= 11 is 0. The Hall–Kier alpha value is -3.75. The van der Waals surface area contributed by atoms with Crippen LogP contribution in [0, 0.1) is 12.7 Å². The molecule has 0 saturated carbocycles. The van der Waals surface area contributed by atoms with Crippen molar-refractivity contribution in [1.82, 2.24) is 20.0 Å². The summed E-state index contributed by atoms with van der Waals surface area (Å²) in [5.74, 6) is 0.350. The van der Waals surface area contributed by atoms with E-state index in [1.165, 1.54) is 12.1 Å². The number of nitrogens with zero attached hydrogens (tertiary/aromatic N) is 4. The number of anilines is 1. The minimum atomic E-state index is -0.377. The van der Waals surface area contributed by atoms with E-state index in [-0.39, 0.29) is 17.8 Å². The van der Waals surface area contributed by atoms with E-state index in [0.717, 1.165) is 6.42 Å². The molecular formula is C21H18FN5O3. The summed E-state index contributed by atoms with van der Waals surface area (Å²) < 4.78 is 24.2. The maximum absolute atomic E-state index is 13.3. The molecule has 2 aromatic carbocycles. The Kier molecular flexibility index (Phi) is 4.42. The third-order valence-electron chi connectivity index (χ3n) is 5.07. The summed E-state index contributed by atoms with van der Waals surface area (Å²) in [6, 6.07) is 11.7. The zero-order valence-electron chi connectivity index (χ0n) is 16.1. The van der Waals surface area contributed by atoms with Crippen molar-refractivity contribution >= 4 is 23.0 Å². The van der Waals surface area contributed by atoms with Gasteiger partial charge in [0.15, 0.2) is 11.4 Å². The Balaban J connectivity index is 1.31. The number of hydrogen-bond donors (Lipinski definition) is 1. The van der Waals surface area contributed by atoms with E-state index in [9.17, 15) is 9.18 Å². The predicted octanol–water partition coefficient (Wildman–Crippen LogP) is 3.65. The van der Waals surface area contributed by atoms with Crippen molar-refractivity contribution in [3.05, 3.63) is 59.7 Å². The Labute approximate surface area is 170 Å². The second-order valence-electron chi connectivity index (χ2n) is 7.20. The number of halogens is 1. The molecule has 2 aromatic heterocycles. The number of benzene rings is 2. The van der Waals surface area contributed by atoms with E-state index < -0.39 is 0 Å². The number of amides is 1. The molecule has 1 fully saturated rings. The van der Waals surface area contributed by atoms with E-state index in [2.05, 4.69) is 20.4 Å². The van der Waals surface area contributed by atoms with Gasteiger partial charge in [0.1, 0.15) is 11.3 Å². The zero-order valence-corrected chi connectivity index (χ0v) is 16.1. The van der Waals surface area contributed by atoms with Crippen molar-refractivity contribution < 1.29 is 18.1 Å². The van der Waals surface area contributed by atoms with E-state index in [1.54, 1.807) is 30.0 Å². The molecule has 8 nitrogen and oxygen atoms in total. The van der Waals surface area contributed by atoms with Crippen molar-refractivity contribution in [1.29, 1.82) is 0 Å². The van der Waals surface area contributed by atoms with Crippen LogP contribution in [0.4, 0.5) is 10.4 Å². The summed E-state index contributed by atoms with van der Waals surface area (Å²) in [6.07, 6.45) is 0.737. The zero-order chi connectivity index (χ0) is 20.7. The summed E-state index contributed by atoms with van der Waals surface area (Å²) in [5, 5.41) is 7.01. The third-order valence-corrected chi connectivity index (χ3v) is 5.07. The Morgan fingerprint density at radius 1 is 1.23 bits per heavy atom. The van der Waals surface area contributed by atoms with E-state index in [1.807, 2.05) is 12.1 Å². The summed E-state index contributed by atoms with van der Waals surface area (Å²) in [4.78, 5) is 23.5. The largest absolute Gasteiger partial charge is 0.423 e. The van der Waals surface area contributed by atoms with Crippen molar-refractivity contribution in [3.8, 4) is 11.5 Å². The van der Waals surface area contributed by atoms with Gasteiger partial charge in [-0.15, -0.1) is 0 Å². The smallest absolute Gasteiger partial charge is 0.295 e. The number of aromatic nitrogens is 3. The van der Waals surface area contributed by atoms with Gasteiger partial charge < -0.3 is 19.2 Å². The molecule has 1 amide bonds. The summed E-state index contributed by atoms with van der Waals surface area (Å²) in [5.41, 5.74) is 2.08. The summed E-state index contributed by atoms with van der Waals surface area (Å²) in [6.45, 7) is 2.81. The molecule has 4 aromatic rings. The lowest BCUT2D eigenvalue weighted by atomic mass is 10.1. The third kappa shape index (κ3) is 3.38. The number of aryl methyl sites for hydroxylation is 1. The molecule has 0 spiro atoms. The van der Waals surface area contributed by atoms with Gasteiger partial charge in [-0.3, -0.25) is 4.79 Å². The first-order valence-electron chi connectivity index (χ1n) is 9.58. The van der Waals surface area contributed by atoms with Gasteiger partial charge >= 0.3 is 0 Å². The Morgan fingerprint density at radius 3 is 2.93 bits per heavy atom. The molecule has 30 heavy (non-hydrogen) atoms. The number of oxazole rings is 1. The second kappa shape index (κ2) is 7.25. The maximum Gasteiger partial charge on any atom is 0.295 e. The molecule has 152 valence electrons. The fraction of sp³-hybridized carbons (Fsp3) is 0.238. The highest BCUT2D eigenvalue weighted by Crippen LogP contribution is 2.26. The monoisotopic (exact) mass is 407 g/mol. The van der Waals surface area contributed by atoms with Gasteiger partial charge in [0.2, 0.25) is 0 Å². The molecule has 1 saturated heterocycles. The standard InChI is InChI=1S/C21H18FN5O3/c1-12-23-19(30-26-12)15-4-2-3-5-16(15)20(28)27-9-8-14(11-27)24-21-25-17-7-6-13(22)10-18(17)29-21/h2-7,10,14H,8-9,11H2,1H3,(H,24,25)/t14-/m1/s1. The second-order valence-corrected chi connectivity index (χ2v) is 7.20. The van der Waals surface area contributed by atoms with Gasteiger partial charge in [-0.1, -0.05) is 17.3 Å². The van der Waals surface area contributed by atoms with Crippen molar-refractivity contribution in [3.63, 3.8) is 0 Å². The molecule has 0 unspecified atom stereocenters. The van der Waals surface area contributed by atoms with Crippen molar-refractivity contribution in [2.24, 2.45) is 0 Å². The molecular weight excluding hydrogens is 389 g/mol. The van der Waals surface area contributed by atoms with Gasteiger partial charge in [-0.05, 0) is 37.6 Å². The van der Waals surface area contributed by atoms with Crippen LogP contribution < -0.4 is 5.32 Å².